The van der Waals surface area contributed by atoms with Crippen molar-refractivity contribution < 1.29 is 28.5 Å². The lowest BCUT2D eigenvalue weighted by molar-refractivity contribution is -0.165. The summed E-state index contributed by atoms with van der Waals surface area (Å²) in [6.45, 7) is 8.12. The summed E-state index contributed by atoms with van der Waals surface area (Å²) in [4.78, 5) is 27.8. The zero-order valence-corrected chi connectivity index (χ0v) is 18.6. The van der Waals surface area contributed by atoms with E-state index in [1.54, 1.807) is 18.2 Å². The van der Waals surface area contributed by atoms with Gasteiger partial charge in [-0.05, 0) is 39.8 Å². The molecule has 4 unspecified atom stereocenters. The highest BCUT2D eigenvalue weighted by Crippen LogP contribution is 2.64. The number of Topliss-reactive ketones (excluding diaryl/α,β-unsaturated/α-hetero) is 2. The molecule has 31 heavy (non-hydrogen) atoms. The van der Waals surface area contributed by atoms with E-state index in [4.69, 9.17) is 18.9 Å². The molecule has 2 aliphatic heterocycles. The summed E-state index contributed by atoms with van der Waals surface area (Å²) < 4.78 is 23.6. The Hall–Kier alpha value is -2.44. The van der Waals surface area contributed by atoms with Gasteiger partial charge in [-0.15, -0.1) is 0 Å². The van der Waals surface area contributed by atoms with E-state index < -0.39 is 16.8 Å². The summed E-state index contributed by atoms with van der Waals surface area (Å²) in [5.74, 6) is 0.349. The van der Waals surface area contributed by atoms with Crippen molar-refractivity contribution in [2.45, 2.75) is 57.3 Å². The summed E-state index contributed by atoms with van der Waals surface area (Å²) in [7, 11) is 1.52. The highest BCUT2D eigenvalue weighted by atomic mass is 16.7. The van der Waals surface area contributed by atoms with Crippen LogP contribution in [0.15, 0.2) is 41.5 Å². The van der Waals surface area contributed by atoms with Gasteiger partial charge in [-0.1, -0.05) is 23.8 Å². The van der Waals surface area contributed by atoms with Gasteiger partial charge < -0.3 is 18.9 Å². The van der Waals surface area contributed by atoms with Crippen molar-refractivity contribution in [1.82, 2.24) is 0 Å². The van der Waals surface area contributed by atoms with Crippen molar-refractivity contribution in [3.63, 3.8) is 0 Å². The first kappa shape index (κ1) is 20.5. The van der Waals surface area contributed by atoms with Crippen LogP contribution in [0, 0.1) is 11.8 Å². The largest absolute Gasteiger partial charge is 0.474 e. The Kier molecular flexibility index (Phi) is 4.31. The first-order chi connectivity index (χ1) is 14.7. The Morgan fingerprint density at radius 1 is 1.26 bits per heavy atom. The molecule has 3 aliphatic carbocycles. The molecular formula is C25H28O6. The maximum Gasteiger partial charge on any atom is 0.213 e. The van der Waals surface area contributed by atoms with Gasteiger partial charge in [-0.2, -0.15) is 0 Å². The Labute approximate surface area is 182 Å². The lowest BCUT2D eigenvalue weighted by Gasteiger charge is -2.53. The van der Waals surface area contributed by atoms with Gasteiger partial charge in [0, 0.05) is 37.4 Å². The van der Waals surface area contributed by atoms with Crippen molar-refractivity contribution in [2.24, 2.45) is 11.8 Å². The summed E-state index contributed by atoms with van der Waals surface area (Å²) in [5, 5.41) is 0. The molecule has 4 atom stereocenters. The van der Waals surface area contributed by atoms with E-state index in [0.29, 0.717) is 35.5 Å². The molecule has 6 rings (SSSR count). The summed E-state index contributed by atoms with van der Waals surface area (Å²) in [6, 6.07) is 5.20. The molecule has 0 amide bonds. The normalized spacial score (nSPS) is 33.9. The minimum absolute atomic E-state index is 0.0192. The zero-order valence-electron chi connectivity index (χ0n) is 18.6. The highest BCUT2D eigenvalue weighted by Gasteiger charge is 2.76. The summed E-state index contributed by atoms with van der Waals surface area (Å²) >= 11 is 0. The van der Waals surface area contributed by atoms with Crippen LogP contribution in [0.2, 0.25) is 0 Å². The van der Waals surface area contributed by atoms with Gasteiger partial charge >= 0.3 is 0 Å². The van der Waals surface area contributed by atoms with Crippen molar-refractivity contribution in [3.05, 3.63) is 47.1 Å². The molecule has 2 fully saturated rings. The number of hydrogen-bond donors (Lipinski definition) is 0. The van der Waals surface area contributed by atoms with Crippen molar-refractivity contribution in [2.75, 3.05) is 13.9 Å². The minimum Gasteiger partial charge on any atom is -0.474 e. The fourth-order valence-corrected chi connectivity index (χ4v) is 5.90. The maximum absolute atomic E-state index is 14.1. The van der Waals surface area contributed by atoms with Gasteiger partial charge in [0.25, 0.3) is 0 Å². The number of ketones is 2. The van der Waals surface area contributed by atoms with Crippen LogP contribution < -0.4 is 9.47 Å². The lowest BCUT2D eigenvalue weighted by atomic mass is 9.53. The van der Waals surface area contributed by atoms with Crippen molar-refractivity contribution in [1.29, 1.82) is 0 Å². The molecule has 0 radical (unpaired) electrons. The Morgan fingerprint density at radius 3 is 2.74 bits per heavy atom. The minimum atomic E-state index is -1.31. The van der Waals surface area contributed by atoms with E-state index in [0.717, 1.165) is 5.57 Å². The molecule has 6 heteroatoms. The average Bonchev–Trinajstić information content (AvgIpc) is 2.92. The number of benzene rings is 1. The molecule has 5 aliphatic rings. The summed E-state index contributed by atoms with van der Waals surface area (Å²) in [6.07, 6.45) is 4.93. The first-order valence-electron chi connectivity index (χ1n) is 10.8. The quantitative estimate of drug-likeness (QED) is 0.525. The third-order valence-electron chi connectivity index (χ3n) is 7.24. The molecule has 0 aromatic heterocycles. The number of methoxy groups -OCH3 is 1. The van der Waals surface area contributed by atoms with E-state index >= 15 is 0 Å². The van der Waals surface area contributed by atoms with Crippen LogP contribution in [0.4, 0.5) is 0 Å². The van der Waals surface area contributed by atoms with Crippen LogP contribution in [0.5, 0.6) is 11.5 Å². The smallest absolute Gasteiger partial charge is 0.213 e. The molecule has 1 spiro atoms. The standard InChI is InChI=1S/C25H28O6/c1-14(2)9-10-24-15-11-16-21(26)20-18(29-13-28-5)7-6-8-19(20)30-25(16,22(24)27)12-17(15)23(3,4)31-24/h6-9,11,15,17H,10,12-13H2,1-5H3. The van der Waals surface area contributed by atoms with E-state index in [9.17, 15) is 9.59 Å². The van der Waals surface area contributed by atoms with Gasteiger partial charge in [-0.25, -0.2) is 0 Å². The maximum atomic E-state index is 14.1. The summed E-state index contributed by atoms with van der Waals surface area (Å²) in [5.41, 5.74) is -0.906. The third-order valence-corrected chi connectivity index (χ3v) is 7.24. The predicted molar refractivity (Wildman–Crippen MR) is 113 cm³/mol. The molecule has 164 valence electrons. The van der Waals surface area contributed by atoms with Gasteiger partial charge in [0.05, 0.1) is 5.60 Å². The second-order valence-electron chi connectivity index (χ2n) is 9.76. The van der Waals surface area contributed by atoms with Crippen LogP contribution in [0.3, 0.4) is 0 Å². The zero-order chi connectivity index (χ0) is 22.2. The average molecular weight is 424 g/mol. The molecule has 4 bridgehead atoms. The van der Waals surface area contributed by atoms with E-state index in [1.165, 1.54) is 7.11 Å². The molecule has 2 heterocycles. The number of ether oxygens (including phenoxy) is 4. The number of carbonyl (C=O) groups is 2. The van der Waals surface area contributed by atoms with E-state index in [2.05, 4.69) is 6.08 Å². The second-order valence-corrected chi connectivity index (χ2v) is 9.76. The molecule has 1 saturated carbocycles. The predicted octanol–water partition coefficient (Wildman–Crippen LogP) is 4.03. The molecule has 6 nitrogen and oxygen atoms in total. The molecule has 0 N–H and O–H groups in total. The fourth-order valence-electron chi connectivity index (χ4n) is 5.90. The van der Waals surface area contributed by atoms with E-state index in [1.807, 2.05) is 33.8 Å². The van der Waals surface area contributed by atoms with Gasteiger partial charge in [0.1, 0.15) is 22.7 Å². The van der Waals surface area contributed by atoms with Crippen LogP contribution in [-0.2, 0) is 14.3 Å². The van der Waals surface area contributed by atoms with Crippen LogP contribution in [0.25, 0.3) is 0 Å². The number of carbonyl (C=O) groups excluding carboxylic acids is 2. The second kappa shape index (κ2) is 6.53. The number of rotatable bonds is 5. The first-order valence-corrected chi connectivity index (χ1v) is 10.8. The van der Waals surface area contributed by atoms with Gasteiger partial charge in [0.15, 0.2) is 12.4 Å². The fraction of sp³-hybridized carbons (Fsp3) is 0.520. The topological polar surface area (TPSA) is 71.1 Å². The van der Waals surface area contributed by atoms with Crippen LogP contribution >= 0.6 is 0 Å². The third kappa shape index (κ3) is 2.58. The number of hydrogen-bond acceptors (Lipinski definition) is 6. The van der Waals surface area contributed by atoms with Crippen LogP contribution in [0.1, 0.15) is 50.9 Å². The van der Waals surface area contributed by atoms with Crippen molar-refractivity contribution in [3.8, 4) is 11.5 Å². The van der Waals surface area contributed by atoms with Gasteiger partial charge in [0.2, 0.25) is 11.6 Å². The molecule has 1 saturated heterocycles. The monoisotopic (exact) mass is 424 g/mol. The Morgan fingerprint density at radius 2 is 2.03 bits per heavy atom. The van der Waals surface area contributed by atoms with Crippen molar-refractivity contribution >= 4 is 11.6 Å². The lowest BCUT2D eigenvalue weighted by Crippen LogP contribution is -2.68. The Balaban J connectivity index is 1.67. The SMILES string of the molecule is COCOc1cccc2c1C(=O)C1=CC3C4CC1(O2)C(=O)C3(CC=C(C)C)OC4(C)C. The van der Waals surface area contributed by atoms with E-state index in [-0.39, 0.29) is 30.2 Å². The Bertz CT molecular complexity index is 1050. The van der Waals surface area contributed by atoms with Crippen LogP contribution in [-0.4, -0.2) is 42.3 Å². The number of allylic oxidation sites excluding steroid dienone is 1. The van der Waals surface area contributed by atoms with Gasteiger partial charge in [-0.3, -0.25) is 9.59 Å². The highest BCUT2D eigenvalue weighted by molar-refractivity contribution is 6.21. The number of fused-ring (bicyclic) bond motifs is 1. The molecular weight excluding hydrogens is 396 g/mol. The molecule has 1 aromatic carbocycles. The molecule has 1 aromatic rings.